The zero-order valence-electron chi connectivity index (χ0n) is 11.6. The lowest BCUT2D eigenvalue weighted by atomic mass is 10.1. The molecule has 4 nitrogen and oxygen atoms in total. The van der Waals surface area contributed by atoms with E-state index in [2.05, 4.69) is 33.0 Å². The van der Waals surface area contributed by atoms with Gasteiger partial charge in [-0.15, -0.1) is 0 Å². The second-order valence-corrected chi connectivity index (χ2v) is 5.24. The third-order valence-corrected chi connectivity index (χ3v) is 4.10. The summed E-state index contributed by atoms with van der Waals surface area (Å²) in [6.45, 7) is 2.08. The van der Waals surface area contributed by atoms with E-state index in [1.165, 1.54) is 5.56 Å². The number of nitrogens with one attached hydrogen (secondary N) is 1. The van der Waals surface area contributed by atoms with Crippen molar-refractivity contribution in [3.63, 3.8) is 0 Å². The predicted molar refractivity (Wildman–Crippen MR) is 83.7 cm³/mol. The van der Waals surface area contributed by atoms with Crippen LogP contribution in [0.4, 0.5) is 5.82 Å². The molecule has 0 radical (unpaired) electrons. The first kappa shape index (κ1) is 12.9. The fourth-order valence-corrected chi connectivity index (χ4v) is 2.96. The Labute approximate surface area is 121 Å². The standard InChI is InChI=1S/C15H15N3OS/c1-9-7-20-8-12(9)15-17-13-5-4-10(19-3)6-11(13)14(16-2)18-15/h4-8H,1-3H3,(H,16,17,18). The molecule has 0 bridgehead atoms. The molecule has 0 atom stereocenters. The molecule has 2 aromatic heterocycles. The van der Waals surface area contributed by atoms with Crippen molar-refractivity contribution in [3.8, 4) is 17.1 Å². The van der Waals surface area contributed by atoms with Crippen molar-refractivity contribution in [2.24, 2.45) is 0 Å². The number of benzene rings is 1. The maximum Gasteiger partial charge on any atom is 0.163 e. The molecule has 20 heavy (non-hydrogen) atoms. The summed E-state index contributed by atoms with van der Waals surface area (Å²) in [5.74, 6) is 2.37. The lowest BCUT2D eigenvalue weighted by Gasteiger charge is -2.09. The van der Waals surface area contributed by atoms with E-state index in [9.17, 15) is 0 Å². The van der Waals surface area contributed by atoms with Crippen molar-refractivity contribution < 1.29 is 4.74 Å². The molecule has 3 aromatic rings. The third-order valence-electron chi connectivity index (χ3n) is 3.24. The van der Waals surface area contributed by atoms with Crippen molar-refractivity contribution in [2.75, 3.05) is 19.5 Å². The first-order valence-electron chi connectivity index (χ1n) is 6.29. The van der Waals surface area contributed by atoms with Crippen LogP contribution in [0.25, 0.3) is 22.3 Å². The summed E-state index contributed by atoms with van der Waals surface area (Å²) in [5, 5.41) is 8.29. The highest BCUT2D eigenvalue weighted by Gasteiger charge is 2.11. The maximum atomic E-state index is 5.26. The Morgan fingerprint density at radius 3 is 2.70 bits per heavy atom. The molecule has 3 rings (SSSR count). The first-order chi connectivity index (χ1) is 9.72. The van der Waals surface area contributed by atoms with E-state index < -0.39 is 0 Å². The van der Waals surface area contributed by atoms with E-state index in [1.807, 2.05) is 25.2 Å². The molecule has 0 aliphatic rings. The SMILES string of the molecule is CNc1nc(-c2cscc2C)nc2ccc(OC)cc12. The summed E-state index contributed by atoms with van der Waals surface area (Å²) in [4.78, 5) is 9.29. The van der Waals surface area contributed by atoms with Gasteiger partial charge in [0.2, 0.25) is 0 Å². The average Bonchev–Trinajstić information content (AvgIpc) is 2.91. The van der Waals surface area contributed by atoms with Gasteiger partial charge in [0, 0.05) is 23.4 Å². The summed E-state index contributed by atoms with van der Waals surface area (Å²) < 4.78 is 5.26. The topological polar surface area (TPSA) is 47.0 Å². The fraction of sp³-hybridized carbons (Fsp3) is 0.200. The number of hydrogen-bond donors (Lipinski definition) is 1. The molecule has 0 fully saturated rings. The molecule has 5 heteroatoms. The second-order valence-electron chi connectivity index (χ2n) is 4.50. The minimum Gasteiger partial charge on any atom is -0.497 e. The van der Waals surface area contributed by atoms with E-state index >= 15 is 0 Å². The number of thiophene rings is 1. The molecule has 1 N–H and O–H groups in total. The number of ether oxygens (including phenoxy) is 1. The van der Waals surface area contributed by atoms with Crippen molar-refractivity contribution in [2.45, 2.75) is 6.92 Å². The minimum atomic E-state index is 0.755. The molecule has 102 valence electrons. The summed E-state index contributed by atoms with van der Waals surface area (Å²) >= 11 is 1.67. The molecule has 0 unspecified atom stereocenters. The number of fused-ring (bicyclic) bond motifs is 1. The van der Waals surface area contributed by atoms with Crippen molar-refractivity contribution in [1.29, 1.82) is 0 Å². The predicted octanol–water partition coefficient (Wildman–Crippen LogP) is 3.72. The summed E-state index contributed by atoms with van der Waals surface area (Å²) in [6, 6.07) is 5.83. The Morgan fingerprint density at radius 1 is 1.20 bits per heavy atom. The number of nitrogens with zero attached hydrogens (tertiary/aromatic N) is 2. The minimum absolute atomic E-state index is 0.755. The smallest absolute Gasteiger partial charge is 0.163 e. The van der Waals surface area contributed by atoms with Gasteiger partial charge in [-0.2, -0.15) is 11.3 Å². The normalized spacial score (nSPS) is 10.8. The second kappa shape index (κ2) is 5.09. The summed E-state index contributed by atoms with van der Waals surface area (Å²) in [6.07, 6.45) is 0. The van der Waals surface area contributed by atoms with Gasteiger partial charge < -0.3 is 10.1 Å². The lowest BCUT2D eigenvalue weighted by Crippen LogP contribution is -1.99. The number of methoxy groups -OCH3 is 1. The Bertz CT molecular complexity index is 767. The van der Waals surface area contributed by atoms with Crippen LogP contribution in [0.3, 0.4) is 0 Å². The zero-order chi connectivity index (χ0) is 14.1. The van der Waals surface area contributed by atoms with E-state index in [0.717, 1.165) is 33.9 Å². The van der Waals surface area contributed by atoms with Gasteiger partial charge in [0.25, 0.3) is 0 Å². The van der Waals surface area contributed by atoms with Gasteiger partial charge >= 0.3 is 0 Å². The highest BCUT2D eigenvalue weighted by molar-refractivity contribution is 7.08. The molecule has 0 saturated carbocycles. The van der Waals surface area contributed by atoms with Crippen LogP contribution < -0.4 is 10.1 Å². The molecule has 0 saturated heterocycles. The van der Waals surface area contributed by atoms with Crippen LogP contribution >= 0.6 is 11.3 Å². The number of hydrogen-bond acceptors (Lipinski definition) is 5. The van der Waals surface area contributed by atoms with E-state index in [1.54, 1.807) is 18.4 Å². The Kier molecular flexibility index (Phi) is 3.28. The van der Waals surface area contributed by atoms with E-state index in [-0.39, 0.29) is 0 Å². The van der Waals surface area contributed by atoms with Crippen LogP contribution in [0.2, 0.25) is 0 Å². The Morgan fingerprint density at radius 2 is 2.05 bits per heavy atom. The number of rotatable bonds is 3. The maximum absolute atomic E-state index is 5.26. The van der Waals surface area contributed by atoms with Crippen LogP contribution in [0.15, 0.2) is 29.0 Å². The number of aryl methyl sites for hydroxylation is 1. The lowest BCUT2D eigenvalue weighted by molar-refractivity contribution is 0.415. The molecule has 1 aromatic carbocycles. The van der Waals surface area contributed by atoms with Crippen molar-refractivity contribution >= 4 is 28.1 Å². The van der Waals surface area contributed by atoms with Crippen LogP contribution in [0.5, 0.6) is 5.75 Å². The quantitative estimate of drug-likeness (QED) is 0.796. The monoisotopic (exact) mass is 285 g/mol. The van der Waals surface area contributed by atoms with Crippen molar-refractivity contribution in [3.05, 3.63) is 34.5 Å². The molecule has 0 spiro atoms. The number of aromatic nitrogens is 2. The fourth-order valence-electron chi connectivity index (χ4n) is 2.14. The number of anilines is 1. The third kappa shape index (κ3) is 2.10. The van der Waals surface area contributed by atoms with E-state index in [4.69, 9.17) is 4.74 Å². The zero-order valence-corrected chi connectivity index (χ0v) is 12.4. The molecule has 2 heterocycles. The van der Waals surface area contributed by atoms with Gasteiger partial charge in [0.15, 0.2) is 5.82 Å². The van der Waals surface area contributed by atoms with Gasteiger partial charge in [-0.25, -0.2) is 9.97 Å². The highest BCUT2D eigenvalue weighted by Crippen LogP contribution is 2.30. The molecular weight excluding hydrogens is 270 g/mol. The van der Waals surface area contributed by atoms with Gasteiger partial charge in [-0.1, -0.05) is 0 Å². The Balaban J connectivity index is 2.25. The van der Waals surface area contributed by atoms with Gasteiger partial charge in [-0.3, -0.25) is 0 Å². The molecule has 0 amide bonds. The molecule has 0 aliphatic carbocycles. The van der Waals surface area contributed by atoms with Crippen LogP contribution in [0, 0.1) is 6.92 Å². The van der Waals surface area contributed by atoms with Gasteiger partial charge in [-0.05, 0) is 36.1 Å². The average molecular weight is 285 g/mol. The highest BCUT2D eigenvalue weighted by atomic mass is 32.1. The van der Waals surface area contributed by atoms with E-state index in [0.29, 0.717) is 0 Å². The molecule has 0 aliphatic heterocycles. The largest absolute Gasteiger partial charge is 0.497 e. The van der Waals surface area contributed by atoms with Crippen LogP contribution in [-0.4, -0.2) is 24.1 Å². The molecular formula is C15H15N3OS. The van der Waals surface area contributed by atoms with Crippen LogP contribution in [-0.2, 0) is 0 Å². The summed E-state index contributed by atoms with van der Waals surface area (Å²) in [7, 11) is 3.52. The van der Waals surface area contributed by atoms with Gasteiger partial charge in [0.05, 0.1) is 12.6 Å². The van der Waals surface area contributed by atoms with Crippen LogP contribution in [0.1, 0.15) is 5.56 Å². The Hall–Kier alpha value is -2.14. The summed E-state index contributed by atoms with van der Waals surface area (Å²) in [5.41, 5.74) is 3.19. The first-order valence-corrected chi connectivity index (χ1v) is 7.24. The van der Waals surface area contributed by atoms with Gasteiger partial charge in [0.1, 0.15) is 11.6 Å². The van der Waals surface area contributed by atoms with Crippen molar-refractivity contribution in [1.82, 2.24) is 9.97 Å².